The van der Waals surface area contributed by atoms with E-state index >= 15 is 0 Å². The van der Waals surface area contributed by atoms with Crippen LogP contribution in [0.3, 0.4) is 0 Å². The fourth-order valence-corrected chi connectivity index (χ4v) is 3.48. The van der Waals surface area contributed by atoms with E-state index in [4.69, 9.17) is 17.3 Å². The molecule has 1 fully saturated rings. The van der Waals surface area contributed by atoms with Crippen molar-refractivity contribution in [2.75, 3.05) is 32.7 Å². The SMILES string of the molecule is Cc1cc(Cl)ccc1-c1ccc(C(=O)N2CCN(CC(N)=O)CC2)cc1. The lowest BCUT2D eigenvalue weighted by Crippen LogP contribution is -2.50. The summed E-state index contributed by atoms with van der Waals surface area (Å²) in [7, 11) is 0. The molecule has 1 heterocycles. The van der Waals surface area contributed by atoms with Crippen LogP contribution in [0.25, 0.3) is 11.1 Å². The zero-order valence-corrected chi connectivity index (χ0v) is 15.5. The van der Waals surface area contributed by atoms with Gasteiger partial charge in [0.15, 0.2) is 0 Å². The molecule has 2 aromatic carbocycles. The third kappa shape index (κ3) is 4.23. The van der Waals surface area contributed by atoms with Crippen LogP contribution in [0.2, 0.25) is 5.02 Å². The molecule has 3 rings (SSSR count). The number of carbonyl (C=O) groups is 2. The van der Waals surface area contributed by atoms with Gasteiger partial charge in [-0.15, -0.1) is 0 Å². The van der Waals surface area contributed by atoms with E-state index in [1.165, 1.54) is 0 Å². The van der Waals surface area contributed by atoms with Crippen LogP contribution in [0, 0.1) is 6.92 Å². The first-order chi connectivity index (χ1) is 12.4. The number of piperazine rings is 1. The van der Waals surface area contributed by atoms with Crippen molar-refractivity contribution in [3.63, 3.8) is 0 Å². The molecule has 6 heteroatoms. The molecule has 5 nitrogen and oxygen atoms in total. The summed E-state index contributed by atoms with van der Waals surface area (Å²) in [6.45, 7) is 4.80. The van der Waals surface area contributed by atoms with Crippen LogP contribution in [0.15, 0.2) is 42.5 Å². The molecule has 136 valence electrons. The van der Waals surface area contributed by atoms with E-state index in [1.54, 1.807) is 0 Å². The van der Waals surface area contributed by atoms with E-state index in [0.717, 1.165) is 16.7 Å². The standard InChI is InChI=1S/C20H22ClN3O2/c1-14-12-17(21)6-7-18(14)15-2-4-16(5-3-15)20(26)24-10-8-23(9-11-24)13-19(22)25/h2-7,12H,8-11,13H2,1H3,(H2,22,25). The molecule has 0 saturated carbocycles. The number of halogens is 1. The summed E-state index contributed by atoms with van der Waals surface area (Å²) in [6, 6.07) is 13.4. The second-order valence-corrected chi connectivity index (χ2v) is 7.01. The van der Waals surface area contributed by atoms with Gasteiger partial charge in [-0.2, -0.15) is 0 Å². The maximum Gasteiger partial charge on any atom is 0.253 e. The lowest BCUT2D eigenvalue weighted by atomic mass is 9.99. The first-order valence-corrected chi connectivity index (χ1v) is 8.98. The number of carbonyl (C=O) groups excluding carboxylic acids is 2. The van der Waals surface area contributed by atoms with Gasteiger partial charge in [0.1, 0.15) is 0 Å². The van der Waals surface area contributed by atoms with E-state index in [0.29, 0.717) is 36.8 Å². The smallest absolute Gasteiger partial charge is 0.253 e. The van der Waals surface area contributed by atoms with Crippen molar-refractivity contribution < 1.29 is 9.59 Å². The first-order valence-electron chi connectivity index (χ1n) is 8.60. The zero-order chi connectivity index (χ0) is 18.7. The molecule has 26 heavy (non-hydrogen) atoms. The molecule has 1 saturated heterocycles. The summed E-state index contributed by atoms with van der Waals surface area (Å²) in [4.78, 5) is 27.5. The molecule has 0 aromatic heterocycles. The van der Waals surface area contributed by atoms with Gasteiger partial charge in [-0.05, 0) is 47.9 Å². The van der Waals surface area contributed by atoms with Gasteiger partial charge >= 0.3 is 0 Å². The summed E-state index contributed by atoms with van der Waals surface area (Å²) in [5.41, 5.74) is 9.15. The maximum absolute atomic E-state index is 12.7. The fourth-order valence-electron chi connectivity index (χ4n) is 3.26. The van der Waals surface area contributed by atoms with E-state index in [9.17, 15) is 9.59 Å². The molecular formula is C20H22ClN3O2. The molecule has 0 unspecified atom stereocenters. The van der Waals surface area contributed by atoms with Gasteiger partial charge in [0, 0.05) is 36.8 Å². The van der Waals surface area contributed by atoms with Crippen LogP contribution < -0.4 is 5.73 Å². The molecule has 0 radical (unpaired) electrons. The topological polar surface area (TPSA) is 66.6 Å². The molecule has 1 aliphatic heterocycles. The Morgan fingerprint density at radius 2 is 1.69 bits per heavy atom. The van der Waals surface area contributed by atoms with Crippen molar-refractivity contribution in [2.45, 2.75) is 6.92 Å². The Morgan fingerprint density at radius 3 is 2.27 bits per heavy atom. The second-order valence-electron chi connectivity index (χ2n) is 6.57. The van der Waals surface area contributed by atoms with Crippen molar-refractivity contribution in [3.8, 4) is 11.1 Å². The van der Waals surface area contributed by atoms with Gasteiger partial charge in [0.05, 0.1) is 6.54 Å². The summed E-state index contributed by atoms with van der Waals surface area (Å²) in [6.07, 6.45) is 0. The summed E-state index contributed by atoms with van der Waals surface area (Å²) >= 11 is 6.02. The molecule has 2 aromatic rings. The van der Waals surface area contributed by atoms with Crippen LogP contribution in [0.1, 0.15) is 15.9 Å². The first kappa shape index (κ1) is 18.4. The Kier molecular flexibility index (Phi) is 5.59. The van der Waals surface area contributed by atoms with Crippen LogP contribution in [-0.2, 0) is 4.79 Å². The Bertz CT molecular complexity index is 812. The summed E-state index contributed by atoms with van der Waals surface area (Å²) in [5, 5.41) is 0.716. The van der Waals surface area contributed by atoms with Gasteiger partial charge in [0.25, 0.3) is 5.91 Å². The van der Waals surface area contributed by atoms with Crippen molar-refractivity contribution >= 4 is 23.4 Å². The average molecular weight is 372 g/mol. The zero-order valence-electron chi connectivity index (χ0n) is 14.7. The largest absolute Gasteiger partial charge is 0.369 e. The number of rotatable bonds is 4. The maximum atomic E-state index is 12.7. The number of hydrogen-bond acceptors (Lipinski definition) is 3. The van der Waals surface area contributed by atoms with E-state index in [2.05, 4.69) is 0 Å². The van der Waals surface area contributed by atoms with Crippen LogP contribution in [0.4, 0.5) is 0 Å². The van der Waals surface area contributed by atoms with Gasteiger partial charge in [0.2, 0.25) is 5.91 Å². The predicted octanol–water partition coefficient (Wildman–Crippen LogP) is 2.56. The Balaban J connectivity index is 1.67. The average Bonchev–Trinajstić information content (AvgIpc) is 2.61. The number of nitrogens with zero attached hydrogens (tertiary/aromatic N) is 2. The molecule has 0 aliphatic carbocycles. The van der Waals surface area contributed by atoms with Gasteiger partial charge < -0.3 is 10.6 Å². The molecule has 0 spiro atoms. The highest BCUT2D eigenvalue weighted by Gasteiger charge is 2.22. The second kappa shape index (κ2) is 7.89. The van der Waals surface area contributed by atoms with Crippen molar-refractivity contribution in [2.24, 2.45) is 5.73 Å². The quantitative estimate of drug-likeness (QED) is 0.898. The lowest BCUT2D eigenvalue weighted by Gasteiger charge is -2.34. The van der Waals surface area contributed by atoms with Gasteiger partial charge in [-0.25, -0.2) is 0 Å². The highest BCUT2D eigenvalue weighted by atomic mass is 35.5. The number of aryl methyl sites for hydroxylation is 1. The molecule has 0 atom stereocenters. The highest BCUT2D eigenvalue weighted by molar-refractivity contribution is 6.30. The molecule has 1 aliphatic rings. The fraction of sp³-hybridized carbons (Fsp3) is 0.300. The Morgan fingerprint density at radius 1 is 1.04 bits per heavy atom. The number of nitrogens with two attached hydrogens (primary N) is 1. The third-order valence-corrected chi connectivity index (χ3v) is 4.91. The normalized spacial score (nSPS) is 15.1. The highest BCUT2D eigenvalue weighted by Crippen LogP contribution is 2.26. The minimum absolute atomic E-state index is 0.0168. The van der Waals surface area contributed by atoms with Crippen molar-refractivity contribution in [3.05, 3.63) is 58.6 Å². The predicted molar refractivity (Wildman–Crippen MR) is 103 cm³/mol. The van der Waals surface area contributed by atoms with E-state index in [-0.39, 0.29) is 18.4 Å². The van der Waals surface area contributed by atoms with E-state index in [1.807, 2.05) is 59.2 Å². The molecular weight excluding hydrogens is 350 g/mol. The van der Waals surface area contributed by atoms with Crippen LogP contribution >= 0.6 is 11.6 Å². The summed E-state index contributed by atoms with van der Waals surface area (Å²) in [5.74, 6) is -0.319. The van der Waals surface area contributed by atoms with Gasteiger partial charge in [-0.1, -0.05) is 29.8 Å². The molecule has 2 amide bonds. The minimum Gasteiger partial charge on any atom is -0.369 e. The van der Waals surface area contributed by atoms with Crippen LogP contribution in [0.5, 0.6) is 0 Å². The monoisotopic (exact) mass is 371 g/mol. The van der Waals surface area contributed by atoms with Crippen molar-refractivity contribution in [1.29, 1.82) is 0 Å². The van der Waals surface area contributed by atoms with Crippen molar-refractivity contribution in [1.82, 2.24) is 9.80 Å². The van der Waals surface area contributed by atoms with E-state index < -0.39 is 0 Å². The minimum atomic E-state index is -0.335. The number of primary amides is 1. The third-order valence-electron chi connectivity index (χ3n) is 4.67. The Labute approximate surface area is 158 Å². The van der Waals surface area contributed by atoms with Crippen LogP contribution in [-0.4, -0.2) is 54.3 Å². The Hall–Kier alpha value is -2.37. The molecule has 2 N–H and O–H groups in total. The number of benzene rings is 2. The summed E-state index contributed by atoms with van der Waals surface area (Å²) < 4.78 is 0. The number of amides is 2. The lowest BCUT2D eigenvalue weighted by molar-refractivity contribution is -0.119. The van der Waals surface area contributed by atoms with Gasteiger partial charge in [-0.3, -0.25) is 14.5 Å². The number of hydrogen-bond donors (Lipinski definition) is 1. The molecule has 0 bridgehead atoms.